The van der Waals surface area contributed by atoms with Crippen LogP contribution in [0, 0.1) is 12.7 Å². The number of pyridine rings is 1. The highest BCUT2D eigenvalue weighted by molar-refractivity contribution is 6.30. The minimum Gasteiger partial charge on any atom is -0.388 e. The molecule has 1 unspecified atom stereocenters. The molecule has 94 valence electrons. The number of aromatic nitrogens is 1. The average molecular weight is 266 g/mol. The van der Waals surface area contributed by atoms with Crippen molar-refractivity contribution < 1.29 is 9.50 Å². The fourth-order valence-corrected chi connectivity index (χ4v) is 1.94. The second-order valence-electron chi connectivity index (χ2n) is 4.20. The van der Waals surface area contributed by atoms with Gasteiger partial charge in [-0.2, -0.15) is 0 Å². The van der Waals surface area contributed by atoms with Crippen LogP contribution in [0.3, 0.4) is 0 Å². The number of hydrogen-bond donors (Lipinski definition) is 1. The van der Waals surface area contributed by atoms with Gasteiger partial charge < -0.3 is 5.11 Å². The zero-order valence-corrected chi connectivity index (χ0v) is 10.7. The lowest BCUT2D eigenvalue weighted by atomic mass is 9.99. The van der Waals surface area contributed by atoms with Crippen LogP contribution >= 0.6 is 11.6 Å². The molecule has 0 aliphatic carbocycles. The molecule has 2 rings (SSSR count). The van der Waals surface area contributed by atoms with Crippen molar-refractivity contribution in [3.8, 4) is 0 Å². The Morgan fingerprint density at radius 2 is 2.17 bits per heavy atom. The van der Waals surface area contributed by atoms with Gasteiger partial charge in [-0.1, -0.05) is 17.7 Å². The molecule has 0 saturated carbocycles. The van der Waals surface area contributed by atoms with Crippen molar-refractivity contribution in [2.24, 2.45) is 0 Å². The fraction of sp³-hybridized carbons (Fsp3) is 0.214. The molecule has 0 saturated heterocycles. The van der Waals surface area contributed by atoms with E-state index in [4.69, 9.17) is 11.6 Å². The van der Waals surface area contributed by atoms with Gasteiger partial charge in [0.25, 0.3) is 0 Å². The minimum absolute atomic E-state index is 0.0887. The van der Waals surface area contributed by atoms with Crippen molar-refractivity contribution in [2.45, 2.75) is 19.4 Å². The SMILES string of the molecule is Cc1ccncc1C(O)Cc1ccc(Cl)c(F)c1. The van der Waals surface area contributed by atoms with Crippen LogP contribution in [0.25, 0.3) is 0 Å². The number of nitrogens with zero attached hydrogens (tertiary/aromatic N) is 1. The third kappa shape index (κ3) is 2.86. The van der Waals surface area contributed by atoms with Gasteiger partial charge in [-0.05, 0) is 36.2 Å². The molecule has 0 amide bonds. The summed E-state index contributed by atoms with van der Waals surface area (Å²) in [4.78, 5) is 3.98. The standard InChI is InChI=1S/C14H13ClFNO/c1-9-4-5-17-8-11(9)14(18)7-10-2-3-12(15)13(16)6-10/h2-6,8,14,18H,7H2,1H3. The van der Waals surface area contributed by atoms with E-state index in [0.717, 1.165) is 11.1 Å². The molecule has 1 aromatic heterocycles. The number of rotatable bonds is 3. The largest absolute Gasteiger partial charge is 0.388 e. The van der Waals surface area contributed by atoms with E-state index in [-0.39, 0.29) is 5.02 Å². The van der Waals surface area contributed by atoms with Crippen molar-refractivity contribution in [2.75, 3.05) is 0 Å². The Morgan fingerprint density at radius 1 is 1.39 bits per heavy atom. The Bertz CT molecular complexity index is 559. The number of halogens is 2. The van der Waals surface area contributed by atoms with Crippen molar-refractivity contribution in [3.05, 3.63) is 64.2 Å². The molecule has 0 bridgehead atoms. The molecule has 2 nitrogen and oxygen atoms in total. The third-order valence-electron chi connectivity index (χ3n) is 2.85. The second kappa shape index (κ2) is 5.46. The molecule has 0 aliphatic heterocycles. The van der Waals surface area contributed by atoms with Crippen LogP contribution in [0.15, 0.2) is 36.7 Å². The summed E-state index contributed by atoms with van der Waals surface area (Å²) in [6.07, 6.45) is 2.94. The van der Waals surface area contributed by atoms with E-state index in [1.165, 1.54) is 12.1 Å². The lowest BCUT2D eigenvalue weighted by Crippen LogP contribution is -2.04. The van der Waals surface area contributed by atoms with E-state index in [2.05, 4.69) is 4.98 Å². The highest BCUT2D eigenvalue weighted by Crippen LogP contribution is 2.23. The fourth-order valence-electron chi connectivity index (χ4n) is 1.82. The van der Waals surface area contributed by atoms with E-state index < -0.39 is 11.9 Å². The molecule has 1 heterocycles. The Morgan fingerprint density at radius 3 is 2.83 bits per heavy atom. The van der Waals surface area contributed by atoms with Crippen molar-refractivity contribution >= 4 is 11.6 Å². The van der Waals surface area contributed by atoms with Gasteiger partial charge in [0.2, 0.25) is 0 Å². The molecule has 0 aliphatic rings. The predicted molar refractivity (Wildman–Crippen MR) is 69.0 cm³/mol. The maximum Gasteiger partial charge on any atom is 0.142 e. The summed E-state index contributed by atoms with van der Waals surface area (Å²) in [5, 5.41) is 10.2. The lowest BCUT2D eigenvalue weighted by molar-refractivity contribution is 0.177. The molecular formula is C14H13ClFNO. The Balaban J connectivity index is 2.19. The Labute approximate surface area is 110 Å². The summed E-state index contributed by atoms with van der Waals surface area (Å²) >= 11 is 5.61. The van der Waals surface area contributed by atoms with Crippen LogP contribution in [-0.4, -0.2) is 10.1 Å². The Kier molecular flexibility index (Phi) is 3.94. The monoisotopic (exact) mass is 265 g/mol. The molecule has 0 spiro atoms. The van der Waals surface area contributed by atoms with Gasteiger partial charge in [0.1, 0.15) is 5.82 Å². The second-order valence-corrected chi connectivity index (χ2v) is 4.61. The first-order chi connectivity index (χ1) is 8.58. The van der Waals surface area contributed by atoms with Gasteiger partial charge in [0.15, 0.2) is 0 Å². The minimum atomic E-state index is -0.695. The van der Waals surface area contributed by atoms with Crippen LogP contribution in [0.4, 0.5) is 4.39 Å². The van der Waals surface area contributed by atoms with Crippen LogP contribution < -0.4 is 0 Å². The molecule has 0 radical (unpaired) electrons. The third-order valence-corrected chi connectivity index (χ3v) is 3.16. The molecule has 1 atom stereocenters. The van der Waals surface area contributed by atoms with E-state index in [1.807, 2.05) is 13.0 Å². The first-order valence-electron chi connectivity index (χ1n) is 5.60. The molecule has 4 heteroatoms. The summed E-state index contributed by atoms with van der Waals surface area (Å²) in [6, 6.07) is 6.38. The van der Waals surface area contributed by atoms with E-state index in [9.17, 15) is 9.50 Å². The normalized spacial score (nSPS) is 12.4. The van der Waals surface area contributed by atoms with Crippen LogP contribution in [0.1, 0.15) is 22.8 Å². The molecule has 2 aromatic rings. The first kappa shape index (κ1) is 13.0. The zero-order chi connectivity index (χ0) is 13.1. The highest BCUT2D eigenvalue weighted by Gasteiger charge is 2.12. The van der Waals surface area contributed by atoms with Gasteiger partial charge in [0, 0.05) is 24.4 Å². The van der Waals surface area contributed by atoms with Gasteiger partial charge >= 0.3 is 0 Å². The summed E-state index contributed by atoms with van der Waals surface area (Å²) in [6.45, 7) is 1.91. The predicted octanol–water partition coefficient (Wildman–Crippen LogP) is 3.46. The Hall–Kier alpha value is -1.45. The van der Waals surface area contributed by atoms with Crippen LogP contribution in [0.2, 0.25) is 5.02 Å². The van der Waals surface area contributed by atoms with Gasteiger partial charge in [-0.25, -0.2) is 4.39 Å². The van der Waals surface area contributed by atoms with Crippen molar-refractivity contribution in [1.29, 1.82) is 0 Å². The average Bonchev–Trinajstić information content (AvgIpc) is 2.34. The van der Waals surface area contributed by atoms with Gasteiger partial charge in [0.05, 0.1) is 11.1 Å². The number of hydrogen-bond acceptors (Lipinski definition) is 2. The van der Waals surface area contributed by atoms with E-state index in [0.29, 0.717) is 12.0 Å². The van der Waals surface area contributed by atoms with E-state index >= 15 is 0 Å². The summed E-state index contributed by atoms with van der Waals surface area (Å²) < 4.78 is 13.3. The molecular weight excluding hydrogens is 253 g/mol. The summed E-state index contributed by atoms with van der Waals surface area (Å²) in [5.74, 6) is -0.468. The zero-order valence-electron chi connectivity index (χ0n) is 9.90. The van der Waals surface area contributed by atoms with Gasteiger partial charge in [-0.3, -0.25) is 4.98 Å². The lowest BCUT2D eigenvalue weighted by Gasteiger charge is -2.13. The topological polar surface area (TPSA) is 33.1 Å². The summed E-state index contributed by atoms with van der Waals surface area (Å²) in [7, 11) is 0. The van der Waals surface area contributed by atoms with Gasteiger partial charge in [-0.15, -0.1) is 0 Å². The van der Waals surface area contributed by atoms with Crippen LogP contribution in [0.5, 0.6) is 0 Å². The first-order valence-corrected chi connectivity index (χ1v) is 5.98. The number of aliphatic hydroxyl groups is 1. The number of benzene rings is 1. The smallest absolute Gasteiger partial charge is 0.142 e. The number of aliphatic hydroxyl groups excluding tert-OH is 1. The molecule has 1 N–H and O–H groups in total. The van der Waals surface area contributed by atoms with Crippen LogP contribution in [-0.2, 0) is 6.42 Å². The highest BCUT2D eigenvalue weighted by atomic mass is 35.5. The van der Waals surface area contributed by atoms with E-state index in [1.54, 1.807) is 18.5 Å². The summed E-state index contributed by atoms with van der Waals surface area (Å²) in [5.41, 5.74) is 2.42. The molecule has 0 fully saturated rings. The maximum atomic E-state index is 13.3. The number of aryl methyl sites for hydroxylation is 1. The molecule has 18 heavy (non-hydrogen) atoms. The molecule has 1 aromatic carbocycles. The van der Waals surface area contributed by atoms with Crippen molar-refractivity contribution in [3.63, 3.8) is 0 Å². The van der Waals surface area contributed by atoms with Crippen molar-refractivity contribution in [1.82, 2.24) is 4.98 Å². The quantitative estimate of drug-likeness (QED) is 0.922. The maximum absolute atomic E-state index is 13.3.